The number of aliphatic hydroxyl groups excluding tert-OH is 1. The van der Waals surface area contributed by atoms with E-state index in [1.165, 1.54) is 6.07 Å². The fraction of sp³-hybridized carbons (Fsp3) is 0.389. The molecule has 6 nitrogen and oxygen atoms in total. The Morgan fingerprint density at radius 2 is 2.11 bits per heavy atom. The molecular weight excluding hydrogens is 376 g/mol. The Balaban J connectivity index is 1.70. The van der Waals surface area contributed by atoms with Crippen LogP contribution in [0.1, 0.15) is 24.1 Å². The standard InChI is InChI=1S/C18H19F2N3O3S/c19-13-6-5-11(9-14(13)20)21-16(25)10-27-17-12-3-1-4-15(12)23(7-2-8-24)18(26)22-17/h5-6,9,24H,1-4,7-8,10H2,(H,21,25). The molecule has 0 atom stereocenters. The number of hydrogen-bond acceptors (Lipinski definition) is 5. The molecule has 144 valence electrons. The Morgan fingerprint density at radius 1 is 1.30 bits per heavy atom. The number of thioether (sulfide) groups is 1. The SMILES string of the molecule is O=C(CSc1nc(=O)n(CCCO)c2c1CCC2)Nc1ccc(F)c(F)c1. The first-order chi connectivity index (χ1) is 13.0. The summed E-state index contributed by atoms with van der Waals surface area (Å²) in [6.45, 7) is 0.425. The van der Waals surface area contributed by atoms with E-state index in [1.54, 1.807) is 4.57 Å². The second-order valence-electron chi connectivity index (χ2n) is 6.17. The van der Waals surface area contributed by atoms with Crippen molar-refractivity contribution in [3.05, 3.63) is 51.6 Å². The van der Waals surface area contributed by atoms with Gasteiger partial charge < -0.3 is 10.4 Å². The van der Waals surface area contributed by atoms with Gasteiger partial charge in [-0.25, -0.2) is 13.6 Å². The molecule has 0 bridgehead atoms. The number of carbonyl (C=O) groups is 1. The quantitative estimate of drug-likeness (QED) is 0.554. The second-order valence-corrected chi connectivity index (χ2v) is 7.14. The van der Waals surface area contributed by atoms with Gasteiger partial charge in [0.15, 0.2) is 11.6 Å². The van der Waals surface area contributed by atoms with Gasteiger partial charge in [-0.2, -0.15) is 4.98 Å². The fourth-order valence-electron chi connectivity index (χ4n) is 3.07. The predicted octanol–water partition coefficient (Wildman–Crippen LogP) is 2.12. The van der Waals surface area contributed by atoms with Crippen LogP contribution in [0.25, 0.3) is 0 Å². The summed E-state index contributed by atoms with van der Waals surface area (Å²) in [5.74, 6) is -2.42. The van der Waals surface area contributed by atoms with E-state index in [9.17, 15) is 18.4 Å². The smallest absolute Gasteiger partial charge is 0.348 e. The largest absolute Gasteiger partial charge is 0.396 e. The number of nitrogens with zero attached hydrogens (tertiary/aromatic N) is 2. The summed E-state index contributed by atoms with van der Waals surface area (Å²) in [7, 11) is 0. The van der Waals surface area contributed by atoms with E-state index in [2.05, 4.69) is 10.3 Å². The summed E-state index contributed by atoms with van der Waals surface area (Å²) in [6.07, 6.45) is 2.95. The van der Waals surface area contributed by atoms with Gasteiger partial charge in [0.25, 0.3) is 0 Å². The van der Waals surface area contributed by atoms with Crippen molar-refractivity contribution in [3.8, 4) is 0 Å². The maximum absolute atomic E-state index is 13.2. The summed E-state index contributed by atoms with van der Waals surface area (Å²) in [6, 6.07) is 3.13. The minimum absolute atomic E-state index is 0.00146. The Bertz CT molecular complexity index is 917. The van der Waals surface area contributed by atoms with Crippen LogP contribution in [0.2, 0.25) is 0 Å². The van der Waals surface area contributed by atoms with Gasteiger partial charge in [-0.1, -0.05) is 11.8 Å². The van der Waals surface area contributed by atoms with Gasteiger partial charge in [0.1, 0.15) is 5.03 Å². The number of aromatic nitrogens is 2. The van der Waals surface area contributed by atoms with E-state index < -0.39 is 17.5 Å². The third-order valence-corrected chi connectivity index (χ3v) is 5.30. The van der Waals surface area contributed by atoms with Crippen LogP contribution >= 0.6 is 11.8 Å². The predicted molar refractivity (Wildman–Crippen MR) is 97.9 cm³/mol. The molecule has 1 aromatic carbocycles. The van der Waals surface area contributed by atoms with E-state index in [4.69, 9.17) is 5.11 Å². The van der Waals surface area contributed by atoms with E-state index in [-0.39, 0.29) is 23.7 Å². The maximum Gasteiger partial charge on any atom is 0.348 e. The molecule has 1 aliphatic rings. The number of fused-ring (bicyclic) bond motifs is 1. The first kappa shape index (κ1) is 19.5. The number of carbonyl (C=O) groups excluding carboxylic acids is 1. The molecule has 0 spiro atoms. The molecule has 0 aliphatic heterocycles. The van der Waals surface area contributed by atoms with E-state index in [0.717, 1.165) is 54.4 Å². The van der Waals surface area contributed by atoms with Crippen LogP contribution in [-0.4, -0.2) is 32.9 Å². The van der Waals surface area contributed by atoms with Gasteiger partial charge >= 0.3 is 5.69 Å². The van der Waals surface area contributed by atoms with Crippen molar-refractivity contribution < 1.29 is 18.7 Å². The first-order valence-electron chi connectivity index (χ1n) is 8.60. The van der Waals surface area contributed by atoms with Crippen molar-refractivity contribution >= 4 is 23.4 Å². The normalized spacial score (nSPS) is 12.9. The van der Waals surface area contributed by atoms with Crippen molar-refractivity contribution in [3.63, 3.8) is 0 Å². The van der Waals surface area contributed by atoms with Gasteiger partial charge in [0.05, 0.1) is 5.75 Å². The van der Waals surface area contributed by atoms with Crippen LogP contribution in [0.4, 0.5) is 14.5 Å². The monoisotopic (exact) mass is 395 g/mol. The van der Waals surface area contributed by atoms with Crippen molar-refractivity contribution in [2.24, 2.45) is 0 Å². The minimum atomic E-state index is -1.04. The lowest BCUT2D eigenvalue weighted by Gasteiger charge is -2.13. The van der Waals surface area contributed by atoms with Crippen LogP contribution in [0, 0.1) is 11.6 Å². The van der Waals surface area contributed by atoms with E-state index >= 15 is 0 Å². The molecule has 3 rings (SSSR count). The van der Waals surface area contributed by atoms with Crippen molar-refractivity contribution in [1.82, 2.24) is 9.55 Å². The third-order valence-electron chi connectivity index (χ3n) is 4.28. The van der Waals surface area contributed by atoms with Gasteiger partial charge in [-0.3, -0.25) is 9.36 Å². The van der Waals surface area contributed by atoms with Gasteiger partial charge in [-0.05, 0) is 37.8 Å². The molecule has 0 fully saturated rings. The molecule has 1 aromatic heterocycles. The lowest BCUT2D eigenvalue weighted by atomic mass is 10.2. The van der Waals surface area contributed by atoms with Gasteiger partial charge in [-0.15, -0.1) is 0 Å². The highest BCUT2D eigenvalue weighted by Crippen LogP contribution is 2.29. The molecule has 2 N–H and O–H groups in total. The van der Waals surface area contributed by atoms with Gasteiger partial charge in [0, 0.05) is 36.2 Å². The van der Waals surface area contributed by atoms with Crippen LogP contribution in [0.15, 0.2) is 28.0 Å². The molecule has 1 heterocycles. The summed E-state index contributed by atoms with van der Waals surface area (Å²) < 4.78 is 27.7. The number of anilines is 1. The van der Waals surface area contributed by atoms with E-state index in [0.29, 0.717) is 18.0 Å². The molecule has 1 aliphatic carbocycles. The molecule has 9 heteroatoms. The zero-order chi connectivity index (χ0) is 19.4. The highest BCUT2D eigenvalue weighted by molar-refractivity contribution is 8.00. The summed E-state index contributed by atoms with van der Waals surface area (Å²) in [4.78, 5) is 28.5. The van der Waals surface area contributed by atoms with Gasteiger partial charge in [0.2, 0.25) is 5.91 Å². The summed E-state index contributed by atoms with van der Waals surface area (Å²) >= 11 is 1.15. The minimum Gasteiger partial charge on any atom is -0.396 e. The Morgan fingerprint density at radius 3 is 2.85 bits per heavy atom. The molecule has 27 heavy (non-hydrogen) atoms. The third kappa shape index (κ3) is 4.54. The van der Waals surface area contributed by atoms with Crippen molar-refractivity contribution in [2.75, 3.05) is 17.7 Å². The molecule has 1 amide bonds. The molecule has 0 unspecified atom stereocenters. The summed E-state index contributed by atoms with van der Waals surface area (Å²) in [5.41, 5.74) is 1.68. The Hall–Kier alpha value is -2.26. The number of aliphatic hydroxyl groups is 1. The number of rotatable bonds is 7. The number of amides is 1. The number of hydrogen-bond donors (Lipinski definition) is 2. The lowest BCUT2D eigenvalue weighted by molar-refractivity contribution is -0.113. The topological polar surface area (TPSA) is 84.2 Å². The highest BCUT2D eigenvalue weighted by atomic mass is 32.2. The number of nitrogens with one attached hydrogen (secondary N) is 1. The van der Waals surface area contributed by atoms with Crippen molar-refractivity contribution in [2.45, 2.75) is 37.3 Å². The molecule has 0 radical (unpaired) electrons. The Kier molecular flexibility index (Phi) is 6.22. The summed E-state index contributed by atoms with van der Waals surface area (Å²) in [5, 5.41) is 12.0. The number of halogens is 2. The number of benzene rings is 1. The van der Waals surface area contributed by atoms with Crippen LogP contribution in [-0.2, 0) is 24.2 Å². The fourth-order valence-corrected chi connectivity index (χ4v) is 3.95. The van der Waals surface area contributed by atoms with Crippen LogP contribution < -0.4 is 11.0 Å². The average molecular weight is 395 g/mol. The maximum atomic E-state index is 13.2. The second kappa shape index (κ2) is 8.62. The molecule has 0 saturated carbocycles. The first-order valence-corrected chi connectivity index (χ1v) is 9.59. The lowest BCUT2D eigenvalue weighted by Crippen LogP contribution is -2.28. The van der Waals surface area contributed by atoms with E-state index in [1.807, 2.05) is 0 Å². The molecular formula is C18H19F2N3O3S. The van der Waals surface area contributed by atoms with Crippen LogP contribution in [0.5, 0.6) is 0 Å². The van der Waals surface area contributed by atoms with Crippen molar-refractivity contribution in [1.29, 1.82) is 0 Å². The average Bonchev–Trinajstić information content (AvgIpc) is 3.12. The van der Waals surface area contributed by atoms with Crippen LogP contribution in [0.3, 0.4) is 0 Å². The highest BCUT2D eigenvalue weighted by Gasteiger charge is 2.22. The molecule has 2 aromatic rings. The Labute approximate surface area is 158 Å². The zero-order valence-electron chi connectivity index (χ0n) is 14.5. The zero-order valence-corrected chi connectivity index (χ0v) is 15.3. The molecule has 0 saturated heterocycles.